The third-order valence-electron chi connectivity index (χ3n) is 3.14. The van der Waals surface area contributed by atoms with Gasteiger partial charge in [0.2, 0.25) is 0 Å². The Labute approximate surface area is 128 Å². The van der Waals surface area contributed by atoms with Crippen molar-refractivity contribution in [1.29, 1.82) is 0 Å². The SMILES string of the molecule is CCCNc1cc(SCC(C)CC)nc(C(C)(C)C)n1. The molecule has 0 bridgehead atoms. The molecule has 0 spiro atoms. The summed E-state index contributed by atoms with van der Waals surface area (Å²) in [5.74, 6) is 3.72. The molecule has 1 aromatic heterocycles. The van der Waals surface area contributed by atoms with Crippen molar-refractivity contribution in [3.63, 3.8) is 0 Å². The van der Waals surface area contributed by atoms with E-state index in [1.165, 1.54) is 6.42 Å². The lowest BCUT2D eigenvalue weighted by atomic mass is 9.96. The largest absolute Gasteiger partial charge is 0.370 e. The fraction of sp³-hybridized carbons (Fsp3) is 0.750. The average Bonchev–Trinajstić information content (AvgIpc) is 2.41. The van der Waals surface area contributed by atoms with Crippen molar-refractivity contribution in [2.75, 3.05) is 17.6 Å². The van der Waals surface area contributed by atoms with Crippen LogP contribution >= 0.6 is 11.8 Å². The van der Waals surface area contributed by atoms with Crippen LogP contribution in [0.15, 0.2) is 11.1 Å². The summed E-state index contributed by atoms with van der Waals surface area (Å²) in [7, 11) is 0. The smallest absolute Gasteiger partial charge is 0.137 e. The molecular weight excluding hydrogens is 266 g/mol. The van der Waals surface area contributed by atoms with Gasteiger partial charge < -0.3 is 5.32 Å². The number of anilines is 1. The first kappa shape index (κ1) is 17.3. The van der Waals surface area contributed by atoms with Crippen LogP contribution in [-0.4, -0.2) is 22.3 Å². The highest BCUT2D eigenvalue weighted by Gasteiger charge is 2.19. The van der Waals surface area contributed by atoms with Crippen LogP contribution in [0.4, 0.5) is 5.82 Å². The molecule has 0 saturated carbocycles. The molecule has 0 radical (unpaired) electrons. The highest BCUT2D eigenvalue weighted by atomic mass is 32.2. The number of hydrogen-bond acceptors (Lipinski definition) is 4. The molecule has 114 valence electrons. The molecule has 1 aromatic rings. The van der Waals surface area contributed by atoms with Crippen LogP contribution < -0.4 is 5.32 Å². The molecule has 20 heavy (non-hydrogen) atoms. The molecular formula is C16H29N3S. The molecule has 0 fully saturated rings. The highest BCUT2D eigenvalue weighted by molar-refractivity contribution is 7.99. The van der Waals surface area contributed by atoms with Crippen molar-refractivity contribution >= 4 is 17.6 Å². The minimum Gasteiger partial charge on any atom is -0.370 e. The molecule has 1 heterocycles. The lowest BCUT2D eigenvalue weighted by Gasteiger charge is -2.19. The molecule has 0 aromatic carbocycles. The van der Waals surface area contributed by atoms with Gasteiger partial charge >= 0.3 is 0 Å². The Morgan fingerprint density at radius 3 is 2.50 bits per heavy atom. The average molecular weight is 295 g/mol. The van der Waals surface area contributed by atoms with E-state index in [4.69, 9.17) is 4.98 Å². The third kappa shape index (κ3) is 5.70. The van der Waals surface area contributed by atoms with Gasteiger partial charge in [-0.1, -0.05) is 48.0 Å². The van der Waals surface area contributed by atoms with E-state index in [2.05, 4.69) is 57.9 Å². The third-order valence-corrected chi connectivity index (χ3v) is 4.38. The number of hydrogen-bond donors (Lipinski definition) is 1. The maximum Gasteiger partial charge on any atom is 0.137 e. The topological polar surface area (TPSA) is 37.8 Å². The van der Waals surface area contributed by atoms with E-state index in [1.807, 2.05) is 11.8 Å². The highest BCUT2D eigenvalue weighted by Crippen LogP contribution is 2.26. The number of nitrogens with one attached hydrogen (secondary N) is 1. The van der Waals surface area contributed by atoms with Crippen LogP contribution in [-0.2, 0) is 5.41 Å². The summed E-state index contributed by atoms with van der Waals surface area (Å²) in [5, 5.41) is 4.47. The van der Waals surface area contributed by atoms with Gasteiger partial charge in [-0.15, -0.1) is 11.8 Å². The maximum atomic E-state index is 4.73. The molecule has 1 rings (SSSR count). The summed E-state index contributed by atoms with van der Waals surface area (Å²) in [6, 6.07) is 2.08. The van der Waals surface area contributed by atoms with E-state index in [0.717, 1.165) is 41.3 Å². The monoisotopic (exact) mass is 295 g/mol. The van der Waals surface area contributed by atoms with Gasteiger partial charge in [-0.2, -0.15) is 0 Å². The standard InChI is InChI=1S/C16H29N3S/c1-7-9-17-13-10-14(20-11-12(3)8-2)19-15(18-13)16(4,5)6/h10,12H,7-9,11H2,1-6H3,(H,17,18,19). The fourth-order valence-corrected chi connectivity index (χ4v) is 2.56. The fourth-order valence-electron chi connectivity index (χ4n) is 1.52. The van der Waals surface area contributed by atoms with Gasteiger partial charge in [-0.25, -0.2) is 9.97 Å². The van der Waals surface area contributed by atoms with Crippen molar-refractivity contribution in [3.8, 4) is 0 Å². The van der Waals surface area contributed by atoms with E-state index < -0.39 is 0 Å². The van der Waals surface area contributed by atoms with Gasteiger partial charge in [-0.05, 0) is 12.3 Å². The minimum atomic E-state index is -0.0183. The van der Waals surface area contributed by atoms with Crippen molar-refractivity contribution in [3.05, 3.63) is 11.9 Å². The van der Waals surface area contributed by atoms with Crippen LogP contribution in [0, 0.1) is 5.92 Å². The van der Waals surface area contributed by atoms with Crippen LogP contribution in [0.1, 0.15) is 60.2 Å². The first-order chi connectivity index (χ1) is 9.36. The van der Waals surface area contributed by atoms with E-state index in [1.54, 1.807) is 0 Å². The second-order valence-electron chi connectivity index (χ2n) is 6.42. The first-order valence-electron chi connectivity index (χ1n) is 7.63. The van der Waals surface area contributed by atoms with Gasteiger partial charge in [0.15, 0.2) is 0 Å². The zero-order chi connectivity index (χ0) is 15.2. The van der Waals surface area contributed by atoms with Gasteiger partial charge in [0.25, 0.3) is 0 Å². The summed E-state index contributed by atoms with van der Waals surface area (Å²) in [6.45, 7) is 14.1. The maximum absolute atomic E-state index is 4.73. The Balaban J connectivity index is 2.91. The predicted octanol–water partition coefficient (Wildman–Crippen LogP) is 4.73. The van der Waals surface area contributed by atoms with Gasteiger partial charge in [-0.3, -0.25) is 0 Å². The zero-order valence-corrected chi connectivity index (χ0v) is 14.6. The number of thioether (sulfide) groups is 1. The van der Waals surface area contributed by atoms with Crippen molar-refractivity contribution < 1.29 is 0 Å². The van der Waals surface area contributed by atoms with Gasteiger partial charge in [0.1, 0.15) is 16.7 Å². The summed E-state index contributed by atoms with van der Waals surface area (Å²) >= 11 is 1.84. The molecule has 0 saturated heterocycles. The van der Waals surface area contributed by atoms with Gasteiger partial charge in [0.05, 0.1) is 0 Å². The number of aromatic nitrogens is 2. The Hall–Kier alpha value is -0.770. The van der Waals surface area contributed by atoms with Crippen LogP contribution in [0.25, 0.3) is 0 Å². The molecule has 4 heteroatoms. The summed E-state index contributed by atoms with van der Waals surface area (Å²) in [5.41, 5.74) is -0.0183. The van der Waals surface area contributed by atoms with Crippen LogP contribution in [0.2, 0.25) is 0 Å². The second kappa shape index (κ2) is 7.87. The molecule has 1 atom stereocenters. The minimum absolute atomic E-state index is 0.0183. The van der Waals surface area contributed by atoms with E-state index in [9.17, 15) is 0 Å². The Bertz CT molecular complexity index is 413. The Morgan fingerprint density at radius 1 is 1.25 bits per heavy atom. The molecule has 1 unspecified atom stereocenters. The van der Waals surface area contributed by atoms with Crippen molar-refractivity contribution in [1.82, 2.24) is 9.97 Å². The number of rotatable bonds is 7. The number of nitrogens with zero attached hydrogens (tertiary/aromatic N) is 2. The summed E-state index contributed by atoms with van der Waals surface area (Å²) in [4.78, 5) is 9.38. The Kier molecular flexibility index (Phi) is 6.80. The summed E-state index contributed by atoms with van der Waals surface area (Å²) in [6.07, 6.45) is 2.31. The molecule has 0 aliphatic rings. The lowest BCUT2D eigenvalue weighted by molar-refractivity contribution is 0.539. The zero-order valence-electron chi connectivity index (χ0n) is 13.8. The predicted molar refractivity (Wildman–Crippen MR) is 89.7 cm³/mol. The molecule has 3 nitrogen and oxygen atoms in total. The molecule has 0 amide bonds. The van der Waals surface area contributed by atoms with E-state index in [-0.39, 0.29) is 5.41 Å². The van der Waals surface area contributed by atoms with E-state index >= 15 is 0 Å². The second-order valence-corrected chi connectivity index (χ2v) is 7.46. The lowest BCUT2D eigenvalue weighted by Crippen LogP contribution is -2.18. The van der Waals surface area contributed by atoms with Crippen molar-refractivity contribution in [2.45, 2.75) is 64.8 Å². The van der Waals surface area contributed by atoms with Gasteiger partial charge in [0, 0.05) is 23.8 Å². The van der Waals surface area contributed by atoms with Crippen LogP contribution in [0.3, 0.4) is 0 Å². The summed E-state index contributed by atoms with van der Waals surface area (Å²) < 4.78 is 0. The molecule has 0 aliphatic carbocycles. The first-order valence-corrected chi connectivity index (χ1v) is 8.61. The molecule has 0 aliphatic heterocycles. The van der Waals surface area contributed by atoms with Crippen molar-refractivity contribution in [2.24, 2.45) is 5.92 Å². The molecule has 1 N–H and O–H groups in total. The van der Waals surface area contributed by atoms with Crippen LogP contribution in [0.5, 0.6) is 0 Å². The normalized spacial score (nSPS) is 13.3. The quantitative estimate of drug-likeness (QED) is 0.582. The van der Waals surface area contributed by atoms with E-state index in [0.29, 0.717) is 0 Å². The Morgan fingerprint density at radius 2 is 1.95 bits per heavy atom.